The Hall–Kier alpha value is -2.11. The lowest BCUT2D eigenvalue weighted by molar-refractivity contribution is -0.122. The second kappa shape index (κ2) is 6.65. The van der Waals surface area contributed by atoms with Crippen molar-refractivity contribution in [2.75, 3.05) is 23.3 Å². The van der Waals surface area contributed by atoms with E-state index in [2.05, 4.69) is 15.2 Å². The number of aromatic nitrogens is 1. The lowest BCUT2D eigenvalue weighted by Crippen LogP contribution is -2.41. The number of carbonyl (C=O) groups excluding carboxylic acids is 2. The monoisotopic (exact) mass is 342 g/mol. The molecule has 3 N–H and O–H groups in total. The maximum atomic E-state index is 12.4. The molecule has 3 aliphatic rings. The van der Waals surface area contributed by atoms with Gasteiger partial charge in [0.25, 0.3) is 0 Å². The van der Waals surface area contributed by atoms with Crippen molar-refractivity contribution >= 4 is 23.3 Å². The van der Waals surface area contributed by atoms with E-state index in [9.17, 15) is 9.59 Å². The molecule has 2 heterocycles. The molecule has 1 aliphatic heterocycles. The Morgan fingerprint density at radius 2 is 1.88 bits per heavy atom. The van der Waals surface area contributed by atoms with Gasteiger partial charge in [-0.15, -0.1) is 0 Å². The molecule has 1 unspecified atom stereocenters. The van der Waals surface area contributed by atoms with Crippen LogP contribution < -0.4 is 16.0 Å². The molecule has 0 radical (unpaired) electrons. The highest BCUT2D eigenvalue weighted by Crippen LogP contribution is 2.55. The van der Waals surface area contributed by atoms with Gasteiger partial charge in [-0.05, 0) is 49.7 Å². The first-order valence-electron chi connectivity index (χ1n) is 9.44. The van der Waals surface area contributed by atoms with Crippen LogP contribution in [0.2, 0.25) is 0 Å². The van der Waals surface area contributed by atoms with E-state index in [0.29, 0.717) is 18.4 Å². The number of anilines is 2. The Morgan fingerprint density at radius 3 is 2.52 bits per heavy atom. The zero-order chi connectivity index (χ0) is 17.4. The summed E-state index contributed by atoms with van der Waals surface area (Å²) >= 11 is 0. The Morgan fingerprint density at radius 1 is 1.12 bits per heavy atom. The van der Waals surface area contributed by atoms with Gasteiger partial charge < -0.3 is 16.0 Å². The molecular weight excluding hydrogens is 316 g/mol. The van der Waals surface area contributed by atoms with Gasteiger partial charge >= 0.3 is 0 Å². The smallest absolute Gasteiger partial charge is 0.228 e. The molecule has 1 aromatic rings. The van der Waals surface area contributed by atoms with E-state index < -0.39 is 0 Å². The summed E-state index contributed by atoms with van der Waals surface area (Å²) in [6.07, 6.45) is 8.45. The van der Waals surface area contributed by atoms with E-state index >= 15 is 0 Å². The van der Waals surface area contributed by atoms with Crippen molar-refractivity contribution in [3.8, 4) is 0 Å². The number of nitrogens with one attached hydrogen (secondary N) is 1. The third-order valence-corrected chi connectivity index (χ3v) is 6.12. The molecule has 1 saturated heterocycles. The molecule has 4 atom stereocenters. The molecular formula is C19H26N4O2. The first kappa shape index (κ1) is 16.4. The second-order valence-corrected chi connectivity index (χ2v) is 7.72. The van der Waals surface area contributed by atoms with Crippen molar-refractivity contribution in [2.45, 2.75) is 38.5 Å². The van der Waals surface area contributed by atoms with Crippen LogP contribution in [0.5, 0.6) is 0 Å². The molecule has 134 valence electrons. The zero-order valence-electron chi connectivity index (χ0n) is 14.5. The first-order valence-corrected chi connectivity index (χ1v) is 9.44. The molecule has 3 fully saturated rings. The highest BCUT2D eigenvalue weighted by atomic mass is 16.2. The van der Waals surface area contributed by atoms with E-state index in [4.69, 9.17) is 5.73 Å². The second-order valence-electron chi connectivity index (χ2n) is 7.72. The minimum absolute atomic E-state index is 0.104. The fraction of sp³-hybridized carbons (Fsp3) is 0.632. The number of hydrogen-bond acceptors (Lipinski definition) is 4. The summed E-state index contributed by atoms with van der Waals surface area (Å²) in [5, 5.41) is 3.02. The van der Waals surface area contributed by atoms with Gasteiger partial charge in [-0.2, -0.15) is 0 Å². The SMILES string of the molecule is NC(=O)[C@H]1CCCN(c2ccc(NC(=O)C3[C@H]4CCCC[C@@H]34)cn2)C1. The Kier molecular flexibility index (Phi) is 4.36. The number of rotatable bonds is 4. The number of nitrogens with two attached hydrogens (primary N) is 1. The highest BCUT2D eigenvalue weighted by molar-refractivity contribution is 5.94. The number of nitrogens with zero attached hydrogens (tertiary/aromatic N) is 2. The third kappa shape index (κ3) is 3.34. The van der Waals surface area contributed by atoms with Crippen LogP contribution >= 0.6 is 0 Å². The number of primary amides is 1. The summed E-state index contributed by atoms with van der Waals surface area (Å²) in [4.78, 5) is 30.4. The van der Waals surface area contributed by atoms with Gasteiger partial charge in [0.15, 0.2) is 0 Å². The largest absolute Gasteiger partial charge is 0.369 e. The molecule has 4 rings (SSSR count). The molecule has 2 saturated carbocycles. The van der Waals surface area contributed by atoms with Gasteiger partial charge in [0.05, 0.1) is 17.8 Å². The first-order chi connectivity index (χ1) is 12.1. The van der Waals surface area contributed by atoms with E-state index in [1.165, 1.54) is 25.7 Å². The predicted octanol–water partition coefficient (Wildman–Crippen LogP) is 2.16. The number of fused-ring (bicyclic) bond motifs is 1. The molecule has 25 heavy (non-hydrogen) atoms. The van der Waals surface area contributed by atoms with Crippen LogP contribution in [0, 0.1) is 23.7 Å². The van der Waals surface area contributed by atoms with E-state index in [0.717, 1.165) is 30.9 Å². The Labute approximate surface area is 148 Å². The molecule has 0 aromatic carbocycles. The zero-order valence-corrected chi connectivity index (χ0v) is 14.5. The van der Waals surface area contributed by atoms with E-state index in [1.807, 2.05) is 12.1 Å². The van der Waals surface area contributed by atoms with Crippen molar-refractivity contribution < 1.29 is 9.59 Å². The average molecular weight is 342 g/mol. The van der Waals surface area contributed by atoms with Crippen molar-refractivity contribution in [3.05, 3.63) is 18.3 Å². The molecule has 0 bridgehead atoms. The van der Waals surface area contributed by atoms with Gasteiger partial charge in [0.2, 0.25) is 11.8 Å². The average Bonchev–Trinajstić information content (AvgIpc) is 3.37. The standard InChI is InChI=1S/C19H26N4O2/c20-18(24)12-4-3-9-23(11-12)16-8-7-13(10-21-16)22-19(25)17-14-5-1-2-6-15(14)17/h7-8,10,12,14-15,17H,1-6,9,11H2,(H2,20,24)(H,22,25)/t12-,14-,15+,17?/m0/s1. The van der Waals surface area contributed by atoms with Crippen molar-refractivity contribution in [3.63, 3.8) is 0 Å². The maximum Gasteiger partial charge on any atom is 0.228 e. The summed E-state index contributed by atoms with van der Waals surface area (Å²) in [7, 11) is 0. The third-order valence-electron chi connectivity index (χ3n) is 6.12. The van der Waals surface area contributed by atoms with Crippen LogP contribution in [0.4, 0.5) is 11.5 Å². The number of piperidine rings is 1. The van der Waals surface area contributed by atoms with Gasteiger partial charge in [-0.25, -0.2) is 4.98 Å². The van der Waals surface area contributed by atoms with Crippen LogP contribution in [0.15, 0.2) is 18.3 Å². The lowest BCUT2D eigenvalue weighted by atomic mass is 9.97. The van der Waals surface area contributed by atoms with Crippen LogP contribution in [0.3, 0.4) is 0 Å². The van der Waals surface area contributed by atoms with Crippen LogP contribution in [-0.2, 0) is 9.59 Å². The molecule has 0 spiro atoms. The minimum atomic E-state index is -0.237. The van der Waals surface area contributed by atoms with Gasteiger partial charge in [0, 0.05) is 19.0 Å². The summed E-state index contributed by atoms with van der Waals surface area (Å²) in [6.45, 7) is 1.51. The number of pyridine rings is 1. The lowest BCUT2D eigenvalue weighted by Gasteiger charge is -2.32. The Bertz CT molecular complexity index is 648. The summed E-state index contributed by atoms with van der Waals surface area (Å²) in [6, 6.07) is 3.82. The summed E-state index contributed by atoms with van der Waals surface area (Å²) in [5.41, 5.74) is 6.19. The van der Waals surface area contributed by atoms with Gasteiger partial charge in [-0.3, -0.25) is 9.59 Å². The molecule has 1 aromatic heterocycles. The number of hydrogen-bond donors (Lipinski definition) is 2. The Balaban J connectivity index is 1.35. The summed E-state index contributed by atoms with van der Waals surface area (Å²) in [5.74, 6) is 2.08. The van der Waals surface area contributed by atoms with Crippen LogP contribution in [0.25, 0.3) is 0 Å². The minimum Gasteiger partial charge on any atom is -0.369 e. The molecule has 6 heteroatoms. The molecule has 2 amide bonds. The van der Waals surface area contributed by atoms with Crippen molar-refractivity contribution in [2.24, 2.45) is 29.4 Å². The predicted molar refractivity (Wildman–Crippen MR) is 95.9 cm³/mol. The maximum absolute atomic E-state index is 12.4. The van der Waals surface area contributed by atoms with Gasteiger partial charge in [0.1, 0.15) is 5.82 Å². The quantitative estimate of drug-likeness (QED) is 0.877. The van der Waals surface area contributed by atoms with Crippen LogP contribution in [0.1, 0.15) is 38.5 Å². The summed E-state index contributed by atoms with van der Waals surface area (Å²) < 4.78 is 0. The molecule has 2 aliphatic carbocycles. The van der Waals surface area contributed by atoms with E-state index in [-0.39, 0.29) is 23.7 Å². The highest BCUT2D eigenvalue weighted by Gasteiger charge is 2.54. The molecule has 6 nitrogen and oxygen atoms in total. The van der Waals surface area contributed by atoms with E-state index in [1.54, 1.807) is 6.20 Å². The fourth-order valence-corrected chi connectivity index (χ4v) is 4.67. The number of amides is 2. The van der Waals surface area contributed by atoms with Gasteiger partial charge in [-0.1, -0.05) is 12.8 Å². The normalized spacial score (nSPS) is 31.1. The van der Waals surface area contributed by atoms with Crippen molar-refractivity contribution in [1.82, 2.24) is 4.98 Å². The fourth-order valence-electron chi connectivity index (χ4n) is 4.67. The number of carbonyl (C=O) groups is 2. The topological polar surface area (TPSA) is 88.3 Å². The van der Waals surface area contributed by atoms with Crippen molar-refractivity contribution in [1.29, 1.82) is 0 Å². The van der Waals surface area contributed by atoms with Crippen LogP contribution in [-0.4, -0.2) is 29.9 Å².